The van der Waals surface area contributed by atoms with Crippen LogP contribution in [0, 0.1) is 17.0 Å². The molecule has 1 aromatic rings. The molecule has 0 saturated carbocycles. The summed E-state index contributed by atoms with van der Waals surface area (Å²) in [5, 5.41) is 19.8. The van der Waals surface area contributed by atoms with Crippen LogP contribution in [0.4, 0.5) is 11.5 Å². The van der Waals surface area contributed by atoms with Crippen LogP contribution in [0.25, 0.3) is 0 Å². The summed E-state index contributed by atoms with van der Waals surface area (Å²) < 4.78 is 0. The van der Waals surface area contributed by atoms with E-state index >= 15 is 0 Å². The van der Waals surface area contributed by atoms with E-state index in [4.69, 9.17) is 5.11 Å². The zero-order valence-electron chi connectivity index (χ0n) is 9.67. The Hall–Kier alpha value is -1.95. The van der Waals surface area contributed by atoms with Gasteiger partial charge in [-0.1, -0.05) is 6.08 Å². The van der Waals surface area contributed by atoms with Gasteiger partial charge in [0.05, 0.1) is 11.5 Å². The van der Waals surface area contributed by atoms with Crippen LogP contribution in [-0.2, 0) is 0 Å². The Kier molecular flexibility index (Phi) is 4.59. The van der Waals surface area contributed by atoms with Gasteiger partial charge in [-0.2, -0.15) is 0 Å². The average molecular weight is 237 g/mol. The lowest BCUT2D eigenvalue weighted by molar-refractivity contribution is -0.384. The zero-order chi connectivity index (χ0) is 12.8. The smallest absolute Gasteiger partial charge is 0.311 e. The number of aliphatic hydroxyl groups is 1. The van der Waals surface area contributed by atoms with E-state index in [0.717, 1.165) is 0 Å². The minimum atomic E-state index is -0.477. The summed E-state index contributed by atoms with van der Waals surface area (Å²) in [6.07, 6.45) is 1.61. The van der Waals surface area contributed by atoms with E-state index in [1.54, 1.807) is 24.0 Å². The van der Waals surface area contributed by atoms with Crippen LogP contribution in [0.3, 0.4) is 0 Å². The molecule has 0 saturated heterocycles. The predicted octanol–water partition coefficient (Wildman–Crippen LogP) is 1.28. The second kappa shape index (κ2) is 5.95. The molecule has 1 rings (SSSR count). The van der Waals surface area contributed by atoms with Gasteiger partial charge in [0.25, 0.3) is 0 Å². The Morgan fingerprint density at radius 2 is 2.35 bits per heavy atom. The fraction of sp³-hybridized carbons (Fsp3) is 0.364. The third kappa shape index (κ3) is 3.25. The third-order valence-corrected chi connectivity index (χ3v) is 2.21. The van der Waals surface area contributed by atoms with Gasteiger partial charge in [0.15, 0.2) is 0 Å². The van der Waals surface area contributed by atoms with Gasteiger partial charge in [0, 0.05) is 24.8 Å². The van der Waals surface area contributed by atoms with Gasteiger partial charge >= 0.3 is 5.69 Å². The molecule has 92 valence electrons. The second-order valence-electron chi connectivity index (χ2n) is 3.51. The Morgan fingerprint density at radius 1 is 1.65 bits per heavy atom. The first-order chi connectivity index (χ1) is 8.10. The largest absolute Gasteiger partial charge is 0.395 e. The molecule has 0 unspecified atom stereocenters. The summed E-state index contributed by atoms with van der Waals surface area (Å²) in [6, 6.07) is 3.01. The van der Waals surface area contributed by atoms with Gasteiger partial charge in [-0.25, -0.2) is 4.98 Å². The van der Waals surface area contributed by atoms with Gasteiger partial charge in [-0.05, 0) is 13.0 Å². The number of hydrogen-bond acceptors (Lipinski definition) is 5. The number of aromatic nitrogens is 1. The molecule has 0 aliphatic heterocycles. The molecule has 1 N–H and O–H groups in total. The fourth-order valence-electron chi connectivity index (χ4n) is 1.47. The molecule has 0 aliphatic carbocycles. The predicted molar refractivity (Wildman–Crippen MR) is 65.1 cm³/mol. The molecular weight excluding hydrogens is 222 g/mol. The minimum Gasteiger partial charge on any atom is -0.395 e. The van der Waals surface area contributed by atoms with E-state index in [1.807, 2.05) is 0 Å². The topological polar surface area (TPSA) is 79.5 Å². The molecule has 6 heteroatoms. The van der Waals surface area contributed by atoms with Crippen molar-refractivity contribution in [3.63, 3.8) is 0 Å². The van der Waals surface area contributed by atoms with Crippen LogP contribution in [0.5, 0.6) is 0 Å². The maximum absolute atomic E-state index is 10.9. The number of hydrogen-bond donors (Lipinski definition) is 1. The van der Waals surface area contributed by atoms with Crippen LogP contribution in [-0.4, -0.2) is 34.7 Å². The lowest BCUT2D eigenvalue weighted by Gasteiger charge is -2.20. The highest BCUT2D eigenvalue weighted by molar-refractivity contribution is 5.58. The quantitative estimate of drug-likeness (QED) is 0.458. The summed E-state index contributed by atoms with van der Waals surface area (Å²) in [5.74, 6) is 0.268. The van der Waals surface area contributed by atoms with Crippen molar-refractivity contribution < 1.29 is 10.0 Å². The number of pyridine rings is 1. The van der Waals surface area contributed by atoms with Crippen molar-refractivity contribution in [3.05, 3.63) is 40.6 Å². The van der Waals surface area contributed by atoms with E-state index in [2.05, 4.69) is 11.6 Å². The molecule has 0 bridgehead atoms. The zero-order valence-corrected chi connectivity index (χ0v) is 9.67. The van der Waals surface area contributed by atoms with E-state index in [-0.39, 0.29) is 24.7 Å². The first kappa shape index (κ1) is 13.1. The summed E-state index contributed by atoms with van der Waals surface area (Å²) >= 11 is 0. The summed E-state index contributed by atoms with van der Waals surface area (Å²) in [5.41, 5.74) is 0.628. The molecule has 0 aromatic carbocycles. The Bertz CT molecular complexity index is 420. The number of aliphatic hydroxyl groups excluding tert-OH is 1. The van der Waals surface area contributed by atoms with Gasteiger partial charge in [-0.3, -0.25) is 10.1 Å². The van der Waals surface area contributed by atoms with Crippen molar-refractivity contribution in [3.8, 4) is 0 Å². The summed E-state index contributed by atoms with van der Waals surface area (Å²) in [6.45, 7) is 5.93. The van der Waals surface area contributed by atoms with Gasteiger partial charge < -0.3 is 10.0 Å². The second-order valence-corrected chi connectivity index (χ2v) is 3.51. The van der Waals surface area contributed by atoms with Crippen molar-refractivity contribution in [2.75, 3.05) is 24.6 Å². The number of nitro groups is 1. The Morgan fingerprint density at radius 3 is 2.88 bits per heavy atom. The SMILES string of the molecule is C=CCN(CCO)c1nc(C)ccc1[N+](=O)[O-]. The van der Waals surface area contributed by atoms with E-state index in [9.17, 15) is 10.1 Å². The highest BCUT2D eigenvalue weighted by atomic mass is 16.6. The monoisotopic (exact) mass is 237 g/mol. The molecule has 1 heterocycles. The first-order valence-electron chi connectivity index (χ1n) is 5.19. The molecule has 0 spiro atoms. The fourth-order valence-corrected chi connectivity index (χ4v) is 1.47. The summed E-state index contributed by atoms with van der Waals surface area (Å²) in [4.78, 5) is 16.2. The number of anilines is 1. The number of aryl methyl sites for hydroxylation is 1. The molecule has 6 nitrogen and oxygen atoms in total. The average Bonchev–Trinajstić information content (AvgIpc) is 2.28. The van der Waals surface area contributed by atoms with Crippen molar-refractivity contribution in [1.29, 1.82) is 0 Å². The molecule has 0 aliphatic rings. The van der Waals surface area contributed by atoms with Crippen molar-refractivity contribution >= 4 is 11.5 Å². The molecule has 0 amide bonds. The van der Waals surface area contributed by atoms with Crippen LogP contribution in [0.15, 0.2) is 24.8 Å². The van der Waals surface area contributed by atoms with Crippen LogP contribution in [0.1, 0.15) is 5.69 Å². The Labute approximate surface area is 99.4 Å². The highest BCUT2D eigenvalue weighted by Crippen LogP contribution is 2.25. The molecular formula is C11H15N3O3. The molecule has 0 fully saturated rings. The van der Waals surface area contributed by atoms with E-state index in [1.165, 1.54) is 6.07 Å². The lowest BCUT2D eigenvalue weighted by Crippen LogP contribution is -2.28. The number of rotatable bonds is 6. The van der Waals surface area contributed by atoms with Crippen LogP contribution < -0.4 is 4.90 Å². The molecule has 1 aromatic heterocycles. The lowest BCUT2D eigenvalue weighted by atomic mass is 10.3. The third-order valence-electron chi connectivity index (χ3n) is 2.21. The normalized spacial score (nSPS) is 10.0. The number of nitrogens with zero attached hydrogens (tertiary/aromatic N) is 3. The van der Waals surface area contributed by atoms with Gasteiger partial charge in [-0.15, -0.1) is 6.58 Å². The molecule has 17 heavy (non-hydrogen) atoms. The van der Waals surface area contributed by atoms with Crippen LogP contribution in [0.2, 0.25) is 0 Å². The van der Waals surface area contributed by atoms with Gasteiger partial charge in [0.2, 0.25) is 5.82 Å². The Balaban J connectivity index is 3.18. The highest BCUT2D eigenvalue weighted by Gasteiger charge is 2.20. The maximum Gasteiger partial charge on any atom is 0.311 e. The summed E-state index contributed by atoms with van der Waals surface area (Å²) in [7, 11) is 0. The van der Waals surface area contributed by atoms with Gasteiger partial charge in [0.1, 0.15) is 0 Å². The van der Waals surface area contributed by atoms with Crippen molar-refractivity contribution in [2.24, 2.45) is 0 Å². The maximum atomic E-state index is 10.9. The molecule has 0 atom stereocenters. The molecule has 0 radical (unpaired) electrons. The minimum absolute atomic E-state index is 0.0640. The standard InChI is InChI=1S/C11H15N3O3/c1-3-6-13(7-8-15)11-10(14(16)17)5-4-9(2)12-11/h3-5,15H,1,6-8H2,2H3. The van der Waals surface area contributed by atoms with E-state index < -0.39 is 4.92 Å². The van der Waals surface area contributed by atoms with Crippen LogP contribution >= 0.6 is 0 Å². The van der Waals surface area contributed by atoms with Crippen molar-refractivity contribution in [1.82, 2.24) is 4.98 Å². The van der Waals surface area contributed by atoms with Crippen molar-refractivity contribution in [2.45, 2.75) is 6.92 Å². The first-order valence-corrected chi connectivity index (χ1v) is 5.19. The van der Waals surface area contributed by atoms with E-state index in [0.29, 0.717) is 12.2 Å².